The Kier molecular flexibility index (Phi) is 8.14. The van der Waals surface area contributed by atoms with Crippen LogP contribution in [0.1, 0.15) is 21.5 Å². The Bertz CT molecular complexity index is 1480. The van der Waals surface area contributed by atoms with E-state index in [2.05, 4.69) is 31.1 Å². The summed E-state index contributed by atoms with van der Waals surface area (Å²) in [6.45, 7) is 0. The maximum Gasteiger partial charge on any atom is 0.335 e. The van der Waals surface area contributed by atoms with E-state index in [1.165, 1.54) is 53.5 Å². The van der Waals surface area contributed by atoms with Gasteiger partial charge in [-0.3, -0.25) is 14.6 Å². The number of carbonyl (C=O) groups is 3. The highest BCUT2D eigenvalue weighted by atomic mass is 35.5. The molecule has 0 bridgehead atoms. The highest BCUT2D eigenvalue weighted by molar-refractivity contribution is 6.31. The number of rotatable bonds is 9. The summed E-state index contributed by atoms with van der Waals surface area (Å²) in [7, 11) is 0. The Morgan fingerprint density at radius 2 is 1.82 bits per heavy atom. The lowest BCUT2D eigenvalue weighted by Crippen LogP contribution is -2.44. The van der Waals surface area contributed by atoms with Gasteiger partial charge in [-0.25, -0.2) is 9.18 Å². The maximum absolute atomic E-state index is 14.8. The minimum atomic E-state index is -1.10. The molecule has 0 saturated heterocycles. The summed E-state index contributed by atoms with van der Waals surface area (Å²) in [5, 5.41) is 25.0. The van der Waals surface area contributed by atoms with Gasteiger partial charge < -0.3 is 15.7 Å². The fourth-order valence-electron chi connectivity index (χ4n) is 3.45. The van der Waals surface area contributed by atoms with E-state index in [4.69, 9.17) is 16.7 Å². The minimum Gasteiger partial charge on any atom is -0.478 e. The van der Waals surface area contributed by atoms with Crippen LogP contribution in [0.15, 0.2) is 73.3 Å². The van der Waals surface area contributed by atoms with E-state index in [0.29, 0.717) is 5.69 Å². The van der Waals surface area contributed by atoms with E-state index in [9.17, 15) is 18.8 Å². The van der Waals surface area contributed by atoms with Crippen molar-refractivity contribution in [1.29, 1.82) is 0 Å². The number of benzene rings is 2. The van der Waals surface area contributed by atoms with Gasteiger partial charge >= 0.3 is 5.97 Å². The summed E-state index contributed by atoms with van der Waals surface area (Å²) in [5.74, 6) is -3.10. The number of hydrogen-bond acceptors (Lipinski definition) is 7. The molecule has 0 fully saturated rings. The highest BCUT2D eigenvalue weighted by Crippen LogP contribution is 2.25. The van der Waals surface area contributed by atoms with Gasteiger partial charge in [0.05, 0.1) is 16.3 Å². The van der Waals surface area contributed by atoms with Crippen molar-refractivity contribution < 1.29 is 23.9 Å². The average molecular weight is 536 g/mol. The van der Waals surface area contributed by atoms with E-state index in [-0.39, 0.29) is 28.3 Å². The molecule has 2 amide bonds. The van der Waals surface area contributed by atoms with Gasteiger partial charge in [-0.15, -0.1) is 5.10 Å². The SMILES string of the molecule is O=C(/C=C/c1c(-n2cnnn2)ccc(Cl)c1F)N[C@@H](Cc1ccncc1)C(=O)Nc1ccc(C(=O)O)cc1. The van der Waals surface area contributed by atoms with Crippen molar-refractivity contribution in [2.24, 2.45) is 0 Å². The van der Waals surface area contributed by atoms with Gasteiger partial charge in [0, 0.05) is 36.1 Å². The van der Waals surface area contributed by atoms with Crippen LogP contribution in [0.2, 0.25) is 5.02 Å². The number of nitrogens with zero attached hydrogens (tertiary/aromatic N) is 5. The van der Waals surface area contributed by atoms with Crippen molar-refractivity contribution in [1.82, 2.24) is 30.5 Å². The Morgan fingerprint density at radius 3 is 2.47 bits per heavy atom. The number of aromatic carboxylic acids is 1. The second kappa shape index (κ2) is 11.8. The molecular weight excluding hydrogens is 517 g/mol. The molecule has 0 spiro atoms. The van der Waals surface area contributed by atoms with E-state index in [1.54, 1.807) is 24.5 Å². The molecule has 192 valence electrons. The van der Waals surface area contributed by atoms with Crippen LogP contribution in [0.25, 0.3) is 11.8 Å². The standard InChI is InChI=1S/C25H19ClFN7O4/c26-19-6-7-21(34-14-29-32-33-34)18(23(19)27)5-8-22(35)31-20(13-15-9-11-28-12-10-15)24(36)30-17-3-1-16(2-4-17)25(37)38/h1-12,14,20H,13H2,(H,30,36)(H,31,35)(H,37,38)/b8-5+/t20-/m0/s1. The predicted molar refractivity (Wildman–Crippen MR) is 135 cm³/mol. The topological polar surface area (TPSA) is 152 Å². The summed E-state index contributed by atoms with van der Waals surface area (Å²) in [6, 6.07) is 10.8. The lowest BCUT2D eigenvalue weighted by atomic mass is 10.1. The van der Waals surface area contributed by atoms with Crippen LogP contribution in [0.3, 0.4) is 0 Å². The first-order valence-corrected chi connectivity index (χ1v) is 11.4. The highest BCUT2D eigenvalue weighted by Gasteiger charge is 2.21. The molecule has 0 saturated carbocycles. The van der Waals surface area contributed by atoms with Crippen molar-refractivity contribution in [3.8, 4) is 5.69 Å². The second-order valence-electron chi connectivity index (χ2n) is 7.87. The van der Waals surface area contributed by atoms with Crippen LogP contribution in [-0.2, 0) is 16.0 Å². The third-order valence-electron chi connectivity index (χ3n) is 5.33. The van der Waals surface area contributed by atoms with Gasteiger partial charge in [-0.05, 0) is 70.6 Å². The molecule has 0 aliphatic rings. The molecule has 11 nitrogen and oxygen atoms in total. The molecule has 13 heteroatoms. The molecule has 2 aromatic carbocycles. The molecular formula is C25H19ClFN7O4. The van der Waals surface area contributed by atoms with Gasteiger partial charge in [0.1, 0.15) is 12.4 Å². The Balaban J connectivity index is 1.54. The van der Waals surface area contributed by atoms with E-state index < -0.39 is 29.6 Å². The van der Waals surface area contributed by atoms with Crippen molar-refractivity contribution in [2.45, 2.75) is 12.5 Å². The van der Waals surface area contributed by atoms with Crippen molar-refractivity contribution in [2.75, 3.05) is 5.32 Å². The number of tetrazole rings is 1. The minimum absolute atomic E-state index is 0.0337. The van der Waals surface area contributed by atoms with E-state index >= 15 is 0 Å². The molecule has 2 aromatic heterocycles. The smallest absolute Gasteiger partial charge is 0.335 e. The number of carbonyl (C=O) groups excluding carboxylic acids is 2. The molecule has 0 aliphatic heterocycles. The third-order valence-corrected chi connectivity index (χ3v) is 5.62. The lowest BCUT2D eigenvalue weighted by molar-refractivity contribution is -0.123. The Hall–Kier alpha value is -4.97. The average Bonchev–Trinajstić information content (AvgIpc) is 3.45. The fourth-order valence-corrected chi connectivity index (χ4v) is 3.62. The summed E-state index contributed by atoms with van der Waals surface area (Å²) in [5.41, 5.74) is 1.35. The zero-order valence-corrected chi connectivity index (χ0v) is 20.2. The van der Waals surface area contributed by atoms with Crippen LogP contribution in [0, 0.1) is 5.82 Å². The summed E-state index contributed by atoms with van der Waals surface area (Å²) in [6.07, 6.45) is 6.77. The van der Waals surface area contributed by atoms with Gasteiger partial charge in [-0.1, -0.05) is 11.6 Å². The van der Waals surface area contributed by atoms with Crippen LogP contribution < -0.4 is 10.6 Å². The first-order valence-electron chi connectivity index (χ1n) is 11.0. The number of nitrogens with one attached hydrogen (secondary N) is 2. The Morgan fingerprint density at radius 1 is 1.08 bits per heavy atom. The zero-order valence-electron chi connectivity index (χ0n) is 19.5. The summed E-state index contributed by atoms with van der Waals surface area (Å²) < 4.78 is 16.0. The number of anilines is 1. The normalized spacial score (nSPS) is 11.7. The van der Waals surface area contributed by atoms with E-state index in [1.807, 2.05) is 0 Å². The molecule has 0 unspecified atom stereocenters. The van der Waals surface area contributed by atoms with Crippen LogP contribution >= 0.6 is 11.6 Å². The van der Waals surface area contributed by atoms with Crippen molar-refractivity contribution >= 4 is 41.1 Å². The zero-order chi connectivity index (χ0) is 27.1. The fraction of sp³-hybridized carbons (Fsp3) is 0.0800. The largest absolute Gasteiger partial charge is 0.478 e. The third kappa shape index (κ3) is 6.42. The summed E-state index contributed by atoms with van der Waals surface area (Å²) >= 11 is 5.92. The first kappa shape index (κ1) is 26.1. The van der Waals surface area contributed by atoms with Crippen molar-refractivity contribution in [3.63, 3.8) is 0 Å². The lowest BCUT2D eigenvalue weighted by Gasteiger charge is -2.18. The monoisotopic (exact) mass is 535 g/mol. The number of amides is 2. The van der Waals surface area contributed by atoms with Gasteiger partial charge in [0.2, 0.25) is 11.8 Å². The van der Waals surface area contributed by atoms with Gasteiger partial charge in [0.25, 0.3) is 0 Å². The number of aromatic nitrogens is 5. The molecule has 4 aromatic rings. The second-order valence-corrected chi connectivity index (χ2v) is 8.28. The number of halogens is 2. The number of carboxylic acids is 1. The first-order chi connectivity index (χ1) is 18.3. The molecule has 0 aliphatic carbocycles. The number of hydrogen-bond donors (Lipinski definition) is 3. The van der Waals surface area contributed by atoms with Gasteiger partial charge in [0.15, 0.2) is 5.82 Å². The predicted octanol–water partition coefficient (Wildman–Crippen LogP) is 2.93. The van der Waals surface area contributed by atoms with Crippen molar-refractivity contribution in [3.05, 3.63) is 101 Å². The molecule has 4 rings (SSSR count). The van der Waals surface area contributed by atoms with Crippen LogP contribution in [0.4, 0.5) is 10.1 Å². The number of pyridine rings is 1. The molecule has 1 atom stereocenters. The van der Waals surface area contributed by atoms with Crippen LogP contribution in [0.5, 0.6) is 0 Å². The Labute approximate surface area is 220 Å². The molecule has 38 heavy (non-hydrogen) atoms. The van der Waals surface area contributed by atoms with Gasteiger partial charge in [-0.2, -0.15) is 4.68 Å². The number of carboxylic acid groups (broad SMARTS) is 1. The quantitative estimate of drug-likeness (QED) is 0.277. The molecule has 0 radical (unpaired) electrons. The summed E-state index contributed by atoms with van der Waals surface area (Å²) in [4.78, 5) is 40.9. The van der Waals surface area contributed by atoms with E-state index in [0.717, 1.165) is 11.6 Å². The van der Waals surface area contributed by atoms with Crippen LogP contribution in [-0.4, -0.2) is 54.1 Å². The maximum atomic E-state index is 14.8. The molecule has 3 N–H and O–H groups in total. The molecule has 2 heterocycles.